The maximum absolute atomic E-state index is 13.2. The number of carbonyl (C=O) groups is 1. The van der Waals surface area contributed by atoms with Gasteiger partial charge >= 0.3 is 5.97 Å². The van der Waals surface area contributed by atoms with Crippen molar-refractivity contribution in [1.82, 2.24) is 0 Å². The first kappa shape index (κ1) is 15.5. The number of nitrogens with two attached hydrogens (primary N) is 1. The molecule has 0 saturated heterocycles. The third-order valence-corrected chi connectivity index (χ3v) is 3.90. The van der Waals surface area contributed by atoms with Crippen molar-refractivity contribution in [2.24, 2.45) is 0 Å². The van der Waals surface area contributed by atoms with E-state index in [0.29, 0.717) is 4.47 Å². The minimum absolute atomic E-state index is 0.0867. The van der Waals surface area contributed by atoms with Crippen molar-refractivity contribution in [3.05, 3.63) is 62.9 Å². The molecule has 2 aromatic rings. The standard InChI is InChI=1S/C16H15BrFNO2/c1-9-3-4-11(5-10(9)2)8-21-16(20)12-6-15(19)14(18)7-13(12)17/h3-7H,8,19H2,1-2H3. The summed E-state index contributed by atoms with van der Waals surface area (Å²) in [7, 11) is 0. The number of esters is 1. The summed E-state index contributed by atoms with van der Waals surface area (Å²) in [5.74, 6) is -1.13. The van der Waals surface area contributed by atoms with Crippen LogP contribution in [0.15, 0.2) is 34.8 Å². The Labute approximate surface area is 131 Å². The quantitative estimate of drug-likeness (QED) is 0.667. The van der Waals surface area contributed by atoms with Crippen LogP contribution in [0.5, 0.6) is 0 Å². The number of benzene rings is 2. The molecule has 0 fully saturated rings. The summed E-state index contributed by atoms with van der Waals surface area (Å²) in [6, 6.07) is 8.27. The van der Waals surface area contributed by atoms with Gasteiger partial charge in [-0.05, 0) is 58.6 Å². The number of aryl methyl sites for hydroxylation is 2. The maximum Gasteiger partial charge on any atom is 0.339 e. The number of ether oxygens (including phenoxy) is 1. The number of carbonyl (C=O) groups excluding carboxylic acids is 1. The molecule has 0 bridgehead atoms. The lowest BCUT2D eigenvalue weighted by Crippen LogP contribution is -2.08. The molecule has 0 spiro atoms. The normalized spacial score (nSPS) is 10.5. The molecule has 0 radical (unpaired) electrons. The zero-order valence-corrected chi connectivity index (χ0v) is 13.3. The van der Waals surface area contributed by atoms with Crippen LogP contribution in [0.1, 0.15) is 27.0 Å². The largest absolute Gasteiger partial charge is 0.457 e. The predicted molar refractivity (Wildman–Crippen MR) is 83.5 cm³/mol. The highest BCUT2D eigenvalue weighted by atomic mass is 79.9. The van der Waals surface area contributed by atoms with Gasteiger partial charge in [0.25, 0.3) is 0 Å². The van der Waals surface area contributed by atoms with E-state index in [0.717, 1.165) is 17.2 Å². The van der Waals surface area contributed by atoms with Crippen molar-refractivity contribution in [1.29, 1.82) is 0 Å². The highest BCUT2D eigenvalue weighted by molar-refractivity contribution is 9.10. The van der Waals surface area contributed by atoms with Gasteiger partial charge in [0.1, 0.15) is 12.4 Å². The zero-order chi connectivity index (χ0) is 15.6. The molecule has 2 N–H and O–H groups in total. The van der Waals surface area contributed by atoms with Gasteiger partial charge in [0, 0.05) is 4.47 Å². The Morgan fingerprint density at radius 1 is 1.24 bits per heavy atom. The smallest absolute Gasteiger partial charge is 0.339 e. The molecule has 2 aromatic carbocycles. The van der Waals surface area contributed by atoms with E-state index >= 15 is 0 Å². The van der Waals surface area contributed by atoms with E-state index in [4.69, 9.17) is 10.5 Å². The molecule has 0 unspecified atom stereocenters. The fourth-order valence-corrected chi connectivity index (χ4v) is 2.32. The summed E-state index contributed by atoms with van der Waals surface area (Å²) in [4.78, 5) is 12.0. The number of rotatable bonds is 3. The van der Waals surface area contributed by atoms with Crippen molar-refractivity contribution < 1.29 is 13.9 Å². The lowest BCUT2D eigenvalue weighted by atomic mass is 10.1. The van der Waals surface area contributed by atoms with Crippen LogP contribution in [0, 0.1) is 19.7 Å². The van der Waals surface area contributed by atoms with Crippen LogP contribution in [0.2, 0.25) is 0 Å². The average Bonchev–Trinajstić information content (AvgIpc) is 2.44. The fraction of sp³-hybridized carbons (Fsp3) is 0.188. The minimum Gasteiger partial charge on any atom is -0.457 e. The lowest BCUT2D eigenvalue weighted by molar-refractivity contribution is 0.0471. The average molecular weight is 352 g/mol. The number of hydrogen-bond acceptors (Lipinski definition) is 3. The molecular formula is C16H15BrFNO2. The van der Waals surface area contributed by atoms with E-state index in [2.05, 4.69) is 15.9 Å². The Kier molecular flexibility index (Phi) is 4.63. The molecule has 0 aromatic heterocycles. The summed E-state index contributed by atoms with van der Waals surface area (Å²) >= 11 is 3.13. The monoisotopic (exact) mass is 351 g/mol. The molecule has 21 heavy (non-hydrogen) atoms. The molecule has 3 nitrogen and oxygen atoms in total. The van der Waals surface area contributed by atoms with Gasteiger partial charge in [-0.25, -0.2) is 9.18 Å². The molecule has 0 aliphatic heterocycles. The van der Waals surface area contributed by atoms with Crippen LogP contribution in [0.4, 0.5) is 10.1 Å². The fourth-order valence-electron chi connectivity index (χ4n) is 1.84. The van der Waals surface area contributed by atoms with Crippen molar-refractivity contribution in [2.45, 2.75) is 20.5 Å². The van der Waals surface area contributed by atoms with Gasteiger partial charge in [-0.15, -0.1) is 0 Å². The van der Waals surface area contributed by atoms with Gasteiger partial charge in [-0.3, -0.25) is 0 Å². The predicted octanol–water partition coefficient (Wildman–Crippen LogP) is 4.14. The first-order valence-electron chi connectivity index (χ1n) is 6.36. The second-order valence-electron chi connectivity index (χ2n) is 4.85. The topological polar surface area (TPSA) is 52.3 Å². The Bertz CT molecular complexity index is 701. The van der Waals surface area contributed by atoms with Crippen LogP contribution in [-0.4, -0.2) is 5.97 Å². The van der Waals surface area contributed by atoms with Crippen LogP contribution in [-0.2, 0) is 11.3 Å². The van der Waals surface area contributed by atoms with Crippen LogP contribution in [0.3, 0.4) is 0 Å². The number of halogens is 2. The molecule has 0 atom stereocenters. The third kappa shape index (κ3) is 3.61. The van der Waals surface area contributed by atoms with E-state index in [-0.39, 0.29) is 17.9 Å². The molecular weight excluding hydrogens is 337 g/mol. The first-order chi connectivity index (χ1) is 9.88. The number of anilines is 1. The zero-order valence-electron chi connectivity index (χ0n) is 11.7. The Hall–Kier alpha value is -1.88. The highest BCUT2D eigenvalue weighted by Crippen LogP contribution is 2.24. The lowest BCUT2D eigenvalue weighted by Gasteiger charge is -2.09. The second-order valence-corrected chi connectivity index (χ2v) is 5.70. The maximum atomic E-state index is 13.2. The number of nitrogen functional groups attached to an aromatic ring is 1. The summed E-state index contributed by atoms with van der Waals surface area (Å²) in [5, 5.41) is 0. The highest BCUT2D eigenvalue weighted by Gasteiger charge is 2.15. The second kappa shape index (κ2) is 6.26. The number of hydrogen-bond donors (Lipinski definition) is 1. The van der Waals surface area contributed by atoms with Gasteiger partial charge in [0.2, 0.25) is 0 Å². The van der Waals surface area contributed by atoms with Gasteiger partial charge in [-0.1, -0.05) is 18.2 Å². The SMILES string of the molecule is Cc1ccc(COC(=O)c2cc(N)c(F)cc2Br)cc1C. The van der Waals surface area contributed by atoms with Gasteiger partial charge in [0.15, 0.2) is 0 Å². The summed E-state index contributed by atoms with van der Waals surface area (Å²) in [5.41, 5.74) is 8.80. The van der Waals surface area contributed by atoms with E-state index < -0.39 is 11.8 Å². The molecule has 2 rings (SSSR count). The Morgan fingerprint density at radius 2 is 1.95 bits per heavy atom. The molecule has 0 aliphatic carbocycles. The molecule has 0 saturated carbocycles. The summed E-state index contributed by atoms with van der Waals surface area (Å²) in [6.07, 6.45) is 0. The molecule has 110 valence electrons. The van der Waals surface area contributed by atoms with E-state index in [9.17, 15) is 9.18 Å². The van der Waals surface area contributed by atoms with Crippen LogP contribution < -0.4 is 5.73 Å². The first-order valence-corrected chi connectivity index (χ1v) is 7.15. The third-order valence-electron chi connectivity index (χ3n) is 3.25. The van der Waals surface area contributed by atoms with Crippen molar-refractivity contribution in [2.75, 3.05) is 5.73 Å². The molecule has 0 amide bonds. The summed E-state index contributed by atoms with van der Waals surface area (Å²) in [6.45, 7) is 4.17. The Balaban J connectivity index is 2.11. The molecule has 0 heterocycles. The van der Waals surface area contributed by atoms with Gasteiger partial charge in [-0.2, -0.15) is 0 Å². The van der Waals surface area contributed by atoms with Crippen LogP contribution in [0.25, 0.3) is 0 Å². The van der Waals surface area contributed by atoms with E-state index in [1.54, 1.807) is 0 Å². The summed E-state index contributed by atoms with van der Waals surface area (Å²) < 4.78 is 18.8. The van der Waals surface area contributed by atoms with Gasteiger partial charge < -0.3 is 10.5 Å². The van der Waals surface area contributed by atoms with Crippen LogP contribution >= 0.6 is 15.9 Å². The van der Waals surface area contributed by atoms with Gasteiger partial charge in [0.05, 0.1) is 11.3 Å². The van der Waals surface area contributed by atoms with Crippen molar-refractivity contribution in [3.8, 4) is 0 Å². The van der Waals surface area contributed by atoms with Crippen molar-refractivity contribution in [3.63, 3.8) is 0 Å². The van der Waals surface area contributed by atoms with E-state index in [1.807, 2.05) is 32.0 Å². The molecule has 0 aliphatic rings. The van der Waals surface area contributed by atoms with Crippen molar-refractivity contribution >= 4 is 27.6 Å². The Morgan fingerprint density at radius 3 is 2.62 bits per heavy atom. The minimum atomic E-state index is -0.576. The van der Waals surface area contributed by atoms with E-state index in [1.165, 1.54) is 11.6 Å². The molecule has 5 heteroatoms.